The van der Waals surface area contributed by atoms with Gasteiger partial charge in [-0.15, -0.1) is 0 Å². The van der Waals surface area contributed by atoms with Crippen molar-refractivity contribution in [1.82, 2.24) is 9.55 Å². The summed E-state index contributed by atoms with van der Waals surface area (Å²) in [6.07, 6.45) is -4.07. The second-order valence-corrected chi connectivity index (χ2v) is 7.81. The summed E-state index contributed by atoms with van der Waals surface area (Å²) in [6, 6.07) is 12.3. The van der Waals surface area contributed by atoms with Crippen molar-refractivity contribution in [2.45, 2.75) is 12.8 Å². The van der Waals surface area contributed by atoms with Crippen LogP contribution in [-0.2, 0) is 6.18 Å². The van der Waals surface area contributed by atoms with Gasteiger partial charge in [0.1, 0.15) is 11.3 Å². The van der Waals surface area contributed by atoms with Crippen molar-refractivity contribution >= 4 is 32.7 Å². The van der Waals surface area contributed by atoms with Gasteiger partial charge in [0.05, 0.1) is 22.3 Å². The predicted octanol–water partition coefficient (Wildman–Crippen LogP) is 6.02. The standard InChI is InChI=1S/C22H13BrF5N3O2/c23-13-3-1-11(2-4-13)17-18(29)19-16(9-12(10-30-19)22(26,27)28)31(20(17)32)14-5-7-15(8-6-14)33-21(24)25/h1-10,21H,29H2. The van der Waals surface area contributed by atoms with Crippen LogP contribution in [0.25, 0.3) is 27.8 Å². The Morgan fingerprint density at radius 3 is 2.24 bits per heavy atom. The molecular weight excluding hydrogens is 513 g/mol. The van der Waals surface area contributed by atoms with Crippen LogP contribution in [0, 0.1) is 0 Å². The monoisotopic (exact) mass is 525 g/mol. The molecule has 4 aromatic rings. The van der Waals surface area contributed by atoms with Gasteiger partial charge in [-0.2, -0.15) is 22.0 Å². The van der Waals surface area contributed by atoms with Gasteiger partial charge in [-0.1, -0.05) is 28.1 Å². The van der Waals surface area contributed by atoms with Crippen molar-refractivity contribution in [3.05, 3.63) is 81.2 Å². The molecule has 0 fully saturated rings. The maximum atomic E-state index is 13.5. The average Bonchev–Trinajstić information content (AvgIpc) is 2.75. The number of fused-ring (bicyclic) bond motifs is 1. The number of halogens is 6. The van der Waals surface area contributed by atoms with Crippen molar-refractivity contribution in [2.75, 3.05) is 5.73 Å². The lowest BCUT2D eigenvalue weighted by atomic mass is 10.0. The van der Waals surface area contributed by atoms with E-state index in [2.05, 4.69) is 25.7 Å². The Labute approximate surface area is 191 Å². The summed E-state index contributed by atoms with van der Waals surface area (Å²) in [4.78, 5) is 17.4. The van der Waals surface area contributed by atoms with Gasteiger partial charge < -0.3 is 10.5 Å². The number of pyridine rings is 2. The molecule has 0 atom stereocenters. The van der Waals surface area contributed by atoms with Crippen LogP contribution in [-0.4, -0.2) is 16.2 Å². The first-order valence-electron chi connectivity index (χ1n) is 9.29. The number of aromatic nitrogens is 2. The number of nitrogens with zero attached hydrogens (tertiary/aromatic N) is 2. The fourth-order valence-corrected chi connectivity index (χ4v) is 3.63. The molecule has 4 rings (SSSR count). The Hall–Kier alpha value is -3.47. The quantitative estimate of drug-likeness (QED) is 0.331. The van der Waals surface area contributed by atoms with Crippen LogP contribution in [0.1, 0.15) is 5.56 Å². The Bertz CT molecular complexity index is 1390. The summed E-state index contributed by atoms with van der Waals surface area (Å²) in [7, 11) is 0. The molecule has 2 aromatic carbocycles. The molecule has 0 aliphatic carbocycles. The van der Waals surface area contributed by atoms with Crippen LogP contribution in [0.2, 0.25) is 0 Å². The van der Waals surface area contributed by atoms with Gasteiger partial charge in [-0.3, -0.25) is 14.3 Å². The molecule has 170 valence electrons. The van der Waals surface area contributed by atoms with E-state index in [1.54, 1.807) is 24.3 Å². The van der Waals surface area contributed by atoms with E-state index >= 15 is 0 Å². The van der Waals surface area contributed by atoms with Crippen LogP contribution < -0.4 is 16.0 Å². The maximum absolute atomic E-state index is 13.5. The zero-order chi connectivity index (χ0) is 23.9. The lowest BCUT2D eigenvalue weighted by molar-refractivity contribution is -0.137. The zero-order valence-corrected chi connectivity index (χ0v) is 18.0. The smallest absolute Gasteiger partial charge is 0.417 e. The third kappa shape index (κ3) is 4.40. The van der Waals surface area contributed by atoms with Gasteiger partial charge in [0.2, 0.25) is 0 Å². The van der Waals surface area contributed by atoms with E-state index in [9.17, 15) is 26.7 Å². The molecular formula is C22H13BrF5N3O2. The number of nitrogens with two attached hydrogens (primary N) is 1. The Balaban J connectivity index is 2.05. The van der Waals surface area contributed by atoms with E-state index in [4.69, 9.17) is 5.73 Å². The molecule has 0 saturated carbocycles. The first kappa shape index (κ1) is 22.7. The number of anilines is 1. The first-order chi connectivity index (χ1) is 15.6. The van der Waals surface area contributed by atoms with Gasteiger partial charge in [0, 0.05) is 16.4 Å². The molecule has 0 spiro atoms. The van der Waals surface area contributed by atoms with Crippen LogP contribution in [0.3, 0.4) is 0 Å². The minimum atomic E-state index is -4.71. The number of benzene rings is 2. The molecule has 0 unspecified atom stereocenters. The first-order valence-corrected chi connectivity index (χ1v) is 10.1. The van der Waals surface area contributed by atoms with Crippen molar-refractivity contribution in [1.29, 1.82) is 0 Å². The molecule has 33 heavy (non-hydrogen) atoms. The lowest BCUT2D eigenvalue weighted by Crippen LogP contribution is -2.23. The number of alkyl halides is 5. The highest BCUT2D eigenvalue weighted by molar-refractivity contribution is 9.10. The summed E-state index contributed by atoms with van der Waals surface area (Å²) in [5.41, 5.74) is 4.72. The van der Waals surface area contributed by atoms with E-state index in [0.717, 1.165) is 15.1 Å². The average molecular weight is 526 g/mol. The third-order valence-corrected chi connectivity index (χ3v) is 5.36. The third-order valence-electron chi connectivity index (χ3n) is 4.83. The lowest BCUT2D eigenvalue weighted by Gasteiger charge is -2.17. The molecule has 2 aromatic heterocycles. The Kier molecular flexibility index (Phi) is 5.83. The highest BCUT2D eigenvalue weighted by Crippen LogP contribution is 2.35. The van der Waals surface area contributed by atoms with Gasteiger partial charge in [-0.25, -0.2) is 0 Å². The predicted molar refractivity (Wildman–Crippen MR) is 117 cm³/mol. The van der Waals surface area contributed by atoms with Crippen LogP contribution in [0.5, 0.6) is 5.75 Å². The number of hydrogen-bond acceptors (Lipinski definition) is 4. The number of nitrogen functional groups attached to an aromatic ring is 1. The molecule has 0 radical (unpaired) electrons. The van der Waals surface area contributed by atoms with Crippen molar-refractivity contribution in [3.63, 3.8) is 0 Å². The largest absolute Gasteiger partial charge is 0.435 e. The van der Waals surface area contributed by atoms with E-state index in [-0.39, 0.29) is 33.7 Å². The molecule has 5 nitrogen and oxygen atoms in total. The highest BCUT2D eigenvalue weighted by Gasteiger charge is 2.32. The summed E-state index contributed by atoms with van der Waals surface area (Å²) in [5.74, 6) is -0.177. The SMILES string of the molecule is Nc1c(-c2ccc(Br)cc2)c(=O)n(-c2ccc(OC(F)F)cc2)c2cc(C(F)(F)F)cnc12. The number of rotatable bonds is 4. The Morgan fingerprint density at radius 2 is 1.67 bits per heavy atom. The number of hydrogen-bond donors (Lipinski definition) is 1. The van der Waals surface area contributed by atoms with Gasteiger partial charge in [-0.05, 0) is 48.0 Å². The fraction of sp³-hybridized carbons (Fsp3) is 0.0909. The van der Waals surface area contributed by atoms with Crippen LogP contribution in [0.15, 0.2) is 70.1 Å². The van der Waals surface area contributed by atoms with Crippen molar-refractivity contribution in [2.24, 2.45) is 0 Å². The normalized spacial score (nSPS) is 11.8. The molecule has 11 heteroatoms. The summed E-state index contributed by atoms with van der Waals surface area (Å²) >= 11 is 3.30. The maximum Gasteiger partial charge on any atom is 0.417 e. The second-order valence-electron chi connectivity index (χ2n) is 6.90. The van der Waals surface area contributed by atoms with Crippen LogP contribution in [0.4, 0.5) is 27.6 Å². The minimum Gasteiger partial charge on any atom is -0.435 e. The van der Waals surface area contributed by atoms with Crippen LogP contribution >= 0.6 is 15.9 Å². The molecule has 0 saturated heterocycles. The van der Waals surface area contributed by atoms with Gasteiger partial charge >= 0.3 is 12.8 Å². The van der Waals surface area contributed by atoms with E-state index in [0.29, 0.717) is 11.8 Å². The number of ether oxygens (including phenoxy) is 1. The second kappa shape index (κ2) is 8.47. The molecule has 2 heterocycles. The summed E-state index contributed by atoms with van der Waals surface area (Å²) < 4.78 is 71.1. The molecule has 0 amide bonds. The Morgan fingerprint density at radius 1 is 1.03 bits per heavy atom. The van der Waals surface area contributed by atoms with E-state index in [1.165, 1.54) is 24.3 Å². The van der Waals surface area contributed by atoms with Gasteiger partial charge in [0.25, 0.3) is 5.56 Å². The molecule has 0 bridgehead atoms. The topological polar surface area (TPSA) is 70.1 Å². The fourth-order valence-electron chi connectivity index (χ4n) is 3.37. The summed E-state index contributed by atoms with van der Waals surface area (Å²) in [5, 5.41) is 0. The summed E-state index contributed by atoms with van der Waals surface area (Å²) in [6.45, 7) is -3.06. The van der Waals surface area contributed by atoms with Gasteiger partial charge in [0.15, 0.2) is 0 Å². The van der Waals surface area contributed by atoms with Crippen molar-refractivity contribution < 1.29 is 26.7 Å². The van der Waals surface area contributed by atoms with E-state index in [1.807, 2.05) is 0 Å². The van der Waals surface area contributed by atoms with E-state index < -0.39 is 23.9 Å². The highest BCUT2D eigenvalue weighted by atomic mass is 79.9. The zero-order valence-electron chi connectivity index (χ0n) is 16.4. The van der Waals surface area contributed by atoms with Crippen molar-refractivity contribution in [3.8, 4) is 22.6 Å². The molecule has 0 aliphatic rings. The molecule has 0 aliphatic heterocycles. The minimum absolute atomic E-state index is 0.0200. The molecule has 2 N–H and O–H groups in total.